The van der Waals surface area contributed by atoms with E-state index in [1.54, 1.807) is 6.92 Å². The Balaban J connectivity index is 1.66. The molecule has 1 saturated heterocycles. The van der Waals surface area contributed by atoms with Gasteiger partial charge in [-0.15, -0.1) is 0 Å². The number of rotatable bonds is 7. The van der Waals surface area contributed by atoms with Gasteiger partial charge in [-0.05, 0) is 35.4 Å². The first-order valence-electron chi connectivity index (χ1n) is 10.2. The number of carbonyl (C=O) groups excluding carboxylic acids is 2. The molecule has 2 aromatic rings. The van der Waals surface area contributed by atoms with Gasteiger partial charge in [-0.1, -0.05) is 24.3 Å². The lowest BCUT2D eigenvalue weighted by molar-refractivity contribution is -0.133. The van der Waals surface area contributed by atoms with Crippen LogP contribution in [0.15, 0.2) is 54.8 Å². The Kier molecular flexibility index (Phi) is 7.54. The van der Waals surface area contributed by atoms with E-state index in [9.17, 15) is 9.59 Å². The Morgan fingerprint density at radius 2 is 1.65 bits per heavy atom. The summed E-state index contributed by atoms with van der Waals surface area (Å²) in [4.78, 5) is 27.8. The van der Waals surface area contributed by atoms with Crippen molar-refractivity contribution in [2.24, 2.45) is 0 Å². The highest BCUT2D eigenvalue weighted by atomic mass is 16.5. The summed E-state index contributed by atoms with van der Waals surface area (Å²) < 4.78 is 15.9. The average molecular weight is 424 g/mol. The molecule has 3 rings (SSSR count). The molecule has 164 valence electrons. The van der Waals surface area contributed by atoms with Crippen molar-refractivity contribution in [2.75, 3.05) is 45.3 Å². The van der Waals surface area contributed by atoms with Gasteiger partial charge in [0.05, 0.1) is 20.5 Å². The van der Waals surface area contributed by atoms with Crippen LogP contribution in [0.5, 0.6) is 5.75 Å². The van der Waals surface area contributed by atoms with Crippen LogP contribution in [0.3, 0.4) is 0 Å². The summed E-state index contributed by atoms with van der Waals surface area (Å²) in [5, 5.41) is 0. The van der Waals surface area contributed by atoms with Gasteiger partial charge in [0.2, 0.25) is 5.91 Å². The number of hydrogen-bond donors (Lipinski definition) is 0. The number of amides is 1. The van der Waals surface area contributed by atoms with Crippen molar-refractivity contribution < 1.29 is 23.8 Å². The molecule has 0 spiro atoms. The molecule has 0 saturated carbocycles. The number of hydrogen-bond acceptors (Lipinski definition) is 6. The SMILES string of the molecule is COC=C(C(=O)OC)c1ccccc1COc1ccc(N2CCN(C(C)=O)CC2)cc1. The molecular formula is C24H28N2O5. The van der Waals surface area contributed by atoms with Crippen LogP contribution in [0.25, 0.3) is 5.57 Å². The summed E-state index contributed by atoms with van der Waals surface area (Å²) in [5.74, 6) is 0.388. The molecule has 2 aromatic carbocycles. The molecule has 7 heteroatoms. The Hall–Kier alpha value is -3.48. The van der Waals surface area contributed by atoms with Crippen LogP contribution in [0.4, 0.5) is 5.69 Å². The van der Waals surface area contributed by atoms with E-state index in [1.807, 2.05) is 53.4 Å². The fourth-order valence-corrected chi connectivity index (χ4v) is 3.55. The monoisotopic (exact) mass is 424 g/mol. The van der Waals surface area contributed by atoms with Crippen LogP contribution in [0.1, 0.15) is 18.1 Å². The van der Waals surface area contributed by atoms with Crippen LogP contribution >= 0.6 is 0 Å². The van der Waals surface area contributed by atoms with Gasteiger partial charge in [-0.25, -0.2) is 4.79 Å². The normalized spacial score (nSPS) is 14.2. The molecule has 31 heavy (non-hydrogen) atoms. The predicted molar refractivity (Wildman–Crippen MR) is 119 cm³/mol. The second-order valence-electron chi connectivity index (χ2n) is 7.19. The molecule has 1 aliphatic rings. The predicted octanol–water partition coefficient (Wildman–Crippen LogP) is 3.09. The van der Waals surface area contributed by atoms with E-state index in [0.29, 0.717) is 17.7 Å². The van der Waals surface area contributed by atoms with Crippen molar-refractivity contribution in [1.82, 2.24) is 4.90 Å². The summed E-state index contributed by atoms with van der Waals surface area (Å²) in [7, 11) is 2.83. The first-order valence-corrected chi connectivity index (χ1v) is 10.2. The first-order chi connectivity index (χ1) is 15.0. The Labute approximate surface area is 182 Å². The lowest BCUT2D eigenvalue weighted by atomic mass is 10.0. The van der Waals surface area contributed by atoms with Gasteiger partial charge in [0.15, 0.2) is 0 Å². The highest BCUT2D eigenvalue weighted by Gasteiger charge is 2.19. The van der Waals surface area contributed by atoms with Crippen molar-refractivity contribution in [3.63, 3.8) is 0 Å². The minimum Gasteiger partial charge on any atom is -0.503 e. The Morgan fingerprint density at radius 3 is 2.26 bits per heavy atom. The molecule has 0 aliphatic carbocycles. The number of anilines is 1. The van der Waals surface area contributed by atoms with E-state index in [1.165, 1.54) is 20.5 Å². The molecular weight excluding hydrogens is 396 g/mol. The van der Waals surface area contributed by atoms with E-state index in [0.717, 1.165) is 43.2 Å². The van der Waals surface area contributed by atoms with Crippen molar-refractivity contribution in [2.45, 2.75) is 13.5 Å². The van der Waals surface area contributed by atoms with E-state index in [4.69, 9.17) is 14.2 Å². The summed E-state index contributed by atoms with van der Waals surface area (Å²) in [6, 6.07) is 15.4. The molecule has 0 N–H and O–H groups in total. The molecule has 7 nitrogen and oxygen atoms in total. The van der Waals surface area contributed by atoms with Crippen molar-refractivity contribution in [3.05, 3.63) is 65.9 Å². The second kappa shape index (κ2) is 10.5. The maximum atomic E-state index is 12.1. The van der Waals surface area contributed by atoms with Crippen LogP contribution in [0, 0.1) is 0 Å². The Morgan fingerprint density at radius 1 is 0.968 bits per heavy atom. The van der Waals surface area contributed by atoms with Crippen molar-refractivity contribution >= 4 is 23.1 Å². The lowest BCUT2D eigenvalue weighted by Crippen LogP contribution is -2.48. The number of esters is 1. The van der Waals surface area contributed by atoms with Crippen molar-refractivity contribution in [3.8, 4) is 5.75 Å². The van der Waals surface area contributed by atoms with Gasteiger partial charge in [0.1, 0.15) is 17.9 Å². The van der Waals surface area contributed by atoms with Gasteiger partial charge >= 0.3 is 5.97 Å². The summed E-state index contributed by atoms with van der Waals surface area (Å²) in [6.45, 7) is 5.01. The van der Waals surface area contributed by atoms with E-state index in [-0.39, 0.29) is 5.91 Å². The lowest BCUT2D eigenvalue weighted by Gasteiger charge is -2.35. The molecule has 1 amide bonds. The number of methoxy groups -OCH3 is 2. The fraction of sp³-hybridized carbons (Fsp3) is 0.333. The summed E-state index contributed by atoms with van der Waals surface area (Å²) in [5.41, 5.74) is 2.99. The zero-order valence-electron chi connectivity index (χ0n) is 18.2. The molecule has 1 fully saturated rings. The van der Waals surface area contributed by atoms with E-state index >= 15 is 0 Å². The van der Waals surface area contributed by atoms with Crippen LogP contribution < -0.4 is 9.64 Å². The smallest absolute Gasteiger partial charge is 0.341 e. The maximum Gasteiger partial charge on any atom is 0.341 e. The van der Waals surface area contributed by atoms with Gasteiger partial charge in [0.25, 0.3) is 0 Å². The average Bonchev–Trinajstić information content (AvgIpc) is 2.81. The van der Waals surface area contributed by atoms with E-state index < -0.39 is 5.97 Å². The minimum absolute atomic E-state index is 0.124. The van der Waals surface area contributed by atoms with Crippen LogP contribution in [-0.4, -0.2) is 57.2 Å². The first kappa shape index (κ1) is 22.2. The minimum atomic E-state index is -0.469. The maximum absolute atomic E-state index is 12.1. The number of nitrogens with zero attached hydrogens (tertiary/aromatic N) is 2. The molecule has 0 bridgehead atoms. The molecule has 1 aliphatic heterocycles. The van der Waals surface area contributed by atoms with Gasteiger partial charge in [-0.3, -0.25) is 4.79 Å². The van der Waals surface area contributed by atoms with Gasteiger partial charge in [-0.2, -0.15) is 0 Å². The number of ether oxygens (including phenoxy) is 3. The highest BCUT2D eigenvalue weighted by Crippen LogP contribution is 2.24. The zero-order valence-corrected chi connectivity index (χ0v) is 18.2. The molecule has 1 heterocycles. The summed E-state index contributed by atoms with van der Waals surface area (Å²) in [6.07, 6.45) is 1.38. The molecule has 0 atom stereocenters. The molecule has 0 unspecified atom stereocenters. The van der Waals surface area contributed by atoms with Gasteiger partial charge < -0.3 is 24.0 Å². The molecule has 0 radical (unpaired) electrons. The summed E-state index contributed by atoms with van der Waals surface area (Å²) >= 11 is 0. The van der Waals surface area contributed by atoms with E-state index in [2.05, 4.69) is 4.90 Å². The van der Waals surface area contributed by atoms with Crippen LogP contribution in [-0.2, 0) is 25.7 Å². The largest absolute Gasteiger partial charge is 0.503 e. The van der Waals surface area contributed by atoms with Crippen LogP contribution in [0.2, 0.25) is 0 Å². The third kappa shape index (κ3) is 5.57. The third-order valence-corrected chi connectivity index (χ3v) is 5.27. The standard InChI is InChI=1S/C24H28N2O5/c1-18(27)25-12-14-26(15-13-25)20-8-10-21(11-9-20)31-16-19-6-4-5-7-22(19)23(17-29-2)24(28)30-3/h4-11,17H,12-16H2,1-3H3. The number of piperazine rings is 1. The molecule has 0 aromatic heterocycles. The second-order valence-corrected chi connectivity index (χ2v) is 7.19. The third-order valence-electron chi connectivity index (χ3n) is 5.27. The quantitative estimate of drug-likeness (QED) is 0.387. The number of benzene rings is 2. The van der Waals surface area contributed by atoms with Crippen molar-refractivity contribution in [1.29, 1.82) is 0 Å². The zero-order chi connectivity index (χ0) is 22.2. The Bertz CT molecular complexity index is 931. The fourth-order valence-electron chi connectivity index (χ4n) is 3.55. The number of carbonyl (C=O) groups is 2. The highest BCUT2D eigenvalue weighted by molar-refractivity contribution is 6.16. The topological polar surface area (TPSA) is 68.3 Å². The van der Waals surface area contributed by atoms with Gasteiger partial charge in [0, 0.05) is 38.8 Å².